The molecule has 78 valence electrons. The summed E-state index contributed by atoms with van der Waals surface area (Å²) in [7, 11) is 1.71. The Hall–Kier alpha value is -0.120. The number of aliphatic hydroxyl groups excluding tert-OH is 1. The molecule has 0 amide bonds. The van der Waals surface area contributed by atoms with Crippen LogP contribution < -0.4 is 0 Å². The van der Waals surface area contributed by atoms with Crippen LogP contribution in [0.5, 0.6) is 0 Å². The summed E-state index contributed by atoms with van der Waals surface area (Å²) in [6, 6.07) is 0. The number of hydrogen-bond donors (Lipinski definition) is 1. The summed E-state index contributed by atoms with van der Waals surface area (Å²) in [6.45, 7) is 1.08. The molecule has 0 radical (unpaired) electrons. The van der Waals surface area contributed by atoms with Crippen molar-refractivity contribution in [1.29, 1.82) is 0 Å². The highest BCUT2D eigenvalue weighted by Gasteiger charge is 2.32. The second-order valence-corrected chi connectivity index (χ2v) is 3.60. The third kappa shape index (κ3) is 3.25. The minimum Gasteiger partial charge on any atom is -0.396 e. The minimum atomic E-state index is -0.340. The number of ether oxygens (including phenoxy) is 2. The first kappa shape index (κ1) is 11.0. The van der Waals surface area contributed by atoms with Crippen molar-refractivity contribution in [2.24, 2.45) is 0 Å². The van der Waals surface area contributed by atoms with E-state index in [0.717, 1.165) is 38.7 Å². The van der Waals surface area contributed by atoms with Crippen LogP contribution in [-0.4, -0.2) is 31.2 Å². The van der Waals surface area contributed by atoms with Crippen molar-refractivity contribution in [1.82, 2.24) is 0 Å². The highest BCUT2D eigenvalue weighted by Crippen LogP contribution is 2.30. The largest absolute Gasteiger partial charge is 0.396 e. The van der Waals surface area contributed by atoms with Crippen LogP contribution in [0.15, 0.2) is 0 Å². The van der Waals surface area contributed by atoms with Gasteiger partial charge in [0.05, 0.1) is 6.61 Å². The Balaban J connectivity index is 2.29. The lowest BCUT2D eigenvalue weighted by Gasteiger charge is -2.35. The summed E-state index contributed by atoms with van der Waals surface area (Å²) >= 11 is 0. The molecule has 1 N–H and O–H groups in total. The van der Waals surface area contributed by atoms with Crippen LogP contribution in [0.3, 0.4) is 0 Å². The van der Waals surface area contributed by atoms with E-state index in [4.69, 9.17) is 14.6 Å². The van der Waals surface area contributed by atoms with Gasteiger partial charge in [-0.1, -0.05) is 0 Å². The van der Waals surface area contributed by atoms with Crippen molar-refractivity contribution in [2.75, 3.05) is 20.3 Å². The van der Waals surface area contributed by atoms with E-state index in [1.165, 1.54) is 6.42 Å². The monoisotopic (exact) mass is 188 g/mol. The lowest BCUT2D eigenvalue weighted by atomic mass is 9.99. The Morgan fingerprint density at radius 1 is 1.38 bits per heavy atom. The predicted octanol–water partition coefficient (Wildman–Crippen LogP) is 1.69. The number of aliphatic hydroxyl groups is 1. The van der Waals surface area contributed by atoms with Crippen LogP contribution in [0.4, 0.5) is 0 Å². The van der Waals surface area contributed by atoms with E-state index in [9.17, 15) is 0 Å². The van der Waals surface area contributed by atoms with Crippen molar-refractivity contribution in [2.45, 2.75) is 44.3 Å². The van der Waals surface area contributed by atoms with Crippen LogP contribution >= 0.6 is 0 Å². The molecule has 1 fully saturated rings. The van der Waals surface area contributed by atoms with Gasteiger partial charge in [-0.05, 0) is 25.7 Å². The summed E-state index contributed by atoms with van der Waals surface area (Å²) < 4.78 is 11.1. The summed E-state index contributed by atoms with van der Waals surface area (Å²) in [4.78, 5) is 0. The molecule has 1 rings (SSSR count). The zero-order valence-electron chi connectivity index (χ0n) is 8.42. The van der Waals surface area contributed by atoms with Gasteiger partial charge in [0.2, 0.25) is 0 Å². The summed E-state index contributed by atoms with van der Waals surface area (Å²) in [6.07, 6.45) is 6.05. The first-order valence-corrected chi connectivity index (χ1v) is 5.13. The Kier molecular flexibility index (Phi) is 4.70. The van der Waals surface area contributed by atoms with Gasteiger partial charge in [-0.25, -0.2) is 0 Å². The van der Waals surface area contributed by atoms with Gasteiger partial charge in [-0.2, -0.15) is 0 Å². The van der Waals surface area contributed by atoms with Gasteiger partial charge in [0, 0.05) is 26.6 Å². The summed E-state index contributed by atoms with van der Waals surface area (Å²) in [5.74, 6) is -0.340. The standard InChI is InChI=1S/C10H20O3/c1-12-10(6-2-4-8-11)7-3-5-9-13-10/h11H,2-9H2,1H3. The Labute approximate surface area is 80.0 Å². The molecule has 13 heavy (non-hydrogen) atoms. The fourth-order valence-electron chi connectivity index (χ4n) is 1.79. The number of hydrogen-bond acceptors (Lipinski definition) is 3. The van der Waals surface area contributed by atoms with E-state index in [-0.39, 0.29) is 12.4 Å². The Morgan fingerprint density at radius 2 is 2.23 bits per heavy atom. The molecule has 1 aliphatic heterocycles. The molecule has 3 heteroatoms. The summed E-state index contributed by atoms with van der Waals surface area (Å²) in [5, 5.41) is 8.67. The lowest BCUT2D eigenvalue weighted by Crippen LogP contribution is -2.38. The van der Waals surface area contributed by atoms with E-state index >= 15 is 0 Å². The molecule has 0 bridgehead atoms. The fraction of sp³-hybridized carbons (Fsp3) is 1.00. The maximum Gasteiger partial charge on any atom is 0.167 e. The van der Waals surface area contributed by atoms with Crippen LogP contribution in [0, 0.1) is 0 Å². The first-order chi connectivity index (χ1) is 6.33. The normalized spacial score (nSPS) is 29.1. The van der Waals surface area contributed by atoms with Gasteiger partial charge in [-0.15, -0.1) is 0 Å². The van der Waals surface area contributed by atoms with Crippen LogP contribution in [0.25, 0.3) is 0 Å². The molecule has 3 nitrogen and oxygen atoms in total. The van der Waals surface area contributed by atoms with Crippen LogP contribution in [0.2, 0.25) is 0 Å². The average Bonchev–Trinajstić information content (AvgIpc) is 2.20. The average molecular weight is 188 g/mol. The molecule has 1 aliphatic rings. The molecule has 0 aromatic rings. The molecule has 1 unspecified atom stereocenters. The predicted molar refractivity (Wildman–Crippen MR) is 50.5 cm³/mol. The van der Waals surface area contributed by atoms with Gasteiger partial charge in [0.15, 0.2) is 5.79 Å². The van der Waals surface area contributed by atoms with Crippen molar-refractivity contribution in [3.05, 3.63) is 0 Å². The maximum atomic E-state index is 8.67. The third-order valence-corrected chi connectivity index (χ3v) is 2.65. The van der Waals surface area contributed by atoms with E-state index < -0.39 is 0 Å². The molecule has 0 spiro atoms. The summed E-state index contributed by atoms with van der Waals surface area (Å²) in [5.41, 5.74) is 0. The van der Waals surface area contributed by atoms with Crippen LogP contribution in [-0.2, 0) is 9.47 Å². The Bertz CT molecular complexity index is 130. The highest BCUT2D eigenvalue weighted by molar-refractivity contribution is 4.73. The van der Waals surface area contributed by atoms with Crippen molar-refractivity contribution < 1.29 is 14.6 Å². The van der Waals surface area contributed by atoms with Gasteiger partial charge in [0.25, 0.3) is 0 Å². The number of methoxy groups -OCH3 is 1. The smallest absolute Gasteiger partial charge is 0.167 e. The van der Waals surface area contributed by atoms with Gasteiger partial charge < -0.3 is 14.6 Å². The van der Waals surface area contributed by atoms with E-state index in [1.807, 2.05) is 0 Å². The fourth-order valence-corrected chi connectivity index (χ4v) is 1.79. The second-order valence-electron chi connectivity index (χ2n) is 3.60. The van der Waals surface area contributed by atoms with Crippen LogP contribution in [0.1, 0.15) is 38.5 Å². The molecule has 0 aromatic carbocycles. The molecule has 1 heterocycles. The quantitative estimate of drug-likeness (QED) is 0.667. The van der Waals surface area contributed by atoms with Gasteiger partial charge >= 0.3 is 0 Å². The number of rotatable bonds is 5. The minimum absolute atomic E-state index is 0.264. The molecule has 1 atom stereocenters. The lowest BCUT2D eigenvalue weighted by molar-refractivity contribution is -0.246. The highest BCUT2D eigenvalue weighted by atomic mass is 16.7. The molecular formula is C10H20O3. The third-order valence-electron chi connectivity index (χ3n) is 2.65. The van der Waals surface area contributed by atoms with Crippen molar-refractivity contribution in [3.63, 3.8) is 0 Å². The first-order valence-electron chi connectivity index (χ1n) is 5.13. The van der Waals surface area contributed by atoms with E-state index in [0.29, 0.717) is 0 Å². The topological polar surface area (TPSA) is 38.7 Å². The van der Waals surface area contributed by atoms with Gasteiger partial charge in [-0.3, -0.25) is 0 Å². The van der Waals surface area contributed by atoms with Crippen molar-refractivity contribution in [3.8, 4) is 0 Å². The zero-order chi connectivity index (χ0) is 9.57. The van der Waals surface area contributed by atoms with E-state index in [1.54, 1.807) is 7.11 Å². The van der Waals surface area contributed by atoms with Gasteiger partial charge in [0.1, 0.15) is 0 Å². The molecule has 1 saturated heterocycles. The molecule has 0 saturated carbocycles. The molecule has 0 aromatic heterocycles. The maximum absolute atomic E-state index is 8.67. The zero-order valence-corrected chi connectivity index (χ0v) is 8.42. The molecule has 0 aliphatic carbocycles. The Morgan fingerprint density at radius 3 is 2.77 bits per heavy atom. The number of unbranched alkanes of at least 4 members (excludes halogenated alkanes) is 1. The SMILES string of the molecule is COC1(CCCCO)CCCCO1. The van der Waals surface area contributed by atoms with Crippen molar-refractivity contribution >= 4 is 0 Å². The molecular weight excluding hydrogens is 168 g/mol. The second kappa shape index (κ2) is 5.58. The van der Waals surface area contributed by atoms with E-state index in [2.05, 4.69) is 0 Å².